The number of nitrogens with zero attached hydrogens (tertiary/aromatic N) is 4. The Morgan fingerprint density at radius 2 is 1.86 bits per heavy atom. The minimum Gasteiger partial charge on any atom is -0.463 e. The highest BCUT2D eigenvalue weighted by molar-refractivity contribution is 7.07. The highest BCUT2D eigenvalue weighted by Crippen LogP contribution is 2.22. The molecule has 2 heterocycles. The molecule has 0 aliphatic rings. The third-order valence-electron chi connectivity index (χ3n) is 3.87. The van der Waals surface area contributed by atoms with Crippen molar-refractivity contribution in [2.45, 2.75) is 0 Å². The molecule has 2 aromatic carbocycles. The van der Waals surface area contributed by atoms with Crippen molar-refractivity contribution in [1.82, 2.24) is 4.68 Å². The summed E-state index contributed by atoms with van der Waals surface area (Å²) in [7, 11) is 0. The molecule has 2 aromatic heterocycles. The Labute approximate surface area is 170 Å². The largest absolute Gasteiger partial charge is 0.463 e. The van der Waals surface area contributed by atoms with Crippen molar-refractivity contribution in [3.05, 3.63) is 93.3 Å². The summed E-state index contributed by atoms with van der Waals surface area (Å²) >= 11 is 7.42. The molecule has 0 radical (unpaired) electrons. The number of aromatic nitrogens is 1. The van der Waals surface area contributed by atoms with Crippen LogP contribution < -0.4 is 4.80 Å². The van der Waals surface area contributed by atoms with Crippen molar-refractivity contribution in [2.75, 3.05) is 0 Å². The van der Waals surface area contributed by atoms with E-state index in [1.165, 1.54) is 11.3 Å². The molecule has 28 heavy (non-hydrogen) atoms. The SMILES string of the molecule is N#Cc1ccc(C=Nn2c(-c3ccco3)csc2=Nc2ccc(Cl)cc2)cc1. The van der Waals surface area contributed by atoms with Crippen LogP contribution in [0.4, 0.5) is 5.69 Å². The Morgan fingerprint density at radius 1 is 1.07 bits per heavy atom. The third-order valence-corrected chi connectivity index (χ3v) is 4.94. The van der Waals surface area contributed by atoms with Crippen LogP contribution in [0.1, 0.15) is 11.1 Å². The van der Waals surface area contributed by atoms with Gasteiger partial charge in [0.25, 0.3) is 0 Å². The molecule has 0 saturated carbocycles. The molecule has 4 rings (SSSR count). The molecule has 0 spiro atoms. The second-order valence-corrected chi connectivity index (χ2v) is 7.03. The Kier molecular flexibility index (Phi) is 5.20. The first-order chi connectivity index (χ1) is 13.7. The lowest BCUT2D eigenvalue weighted by molar-refractivity contribution is 0.575. The molecule has 0 fully saturated rings. The first-order valence-corrected chi connectivity index (χ1v) is 9.58. The smallest absolute Gasteiger partial charge is 0.211 e. The number of thiazole rings is 1. The van der Waals surface area contributed by atoms with Crippen LogP contribution in [0.15, 0.2) is 86.8 Å². The number of benzene rings is 2. The molecule has 0 aliphatic carbocycles. The van der Waals surface area contributed by atoms with E-state index in [0.29, 0.717) is 21.1 Å². The summed E-state index contributed by atoms with van der Waals surface area (Å²) in [6.07, 6.45) is 3.35. The molecule has 0 atom stereocenters. The Bertz CT molecular complexity index is 1210. The van der Waals surface area contributed by atoms with Crippen molar-refractivity contribution in [3.8, 4) is 17.5 Å². The fraction of sp³-hybridized carbons (Fsp3) is 0. The van der Waals surface area contributed by atoms with E-state index in [-0.39, 0.29) is 0 Å². The van der Waals surface area contributed by atoms with Gasteiger partial charge in [0.1, 0.15) is 5.69 Å². The molecule has 0 bridgehead atoms. The monoisotopic (exact) mass is 404 g/mol. The lowest BCUT2D eigenvalue weighted by Crippen LogP contribution is -2.11. The minimum absolute atomic E-state index is 0.607. The Balaban J connectivity index is 1.78. The highest BCUT2D eigenvalue weighted by atomic mass is 35.5. The molecule has 5 nitrogen and oxygen atoms in total. The van der Waals surface area contributed by atoms with Crippen molar-refractivity contribution in [1.29, 1.82) is 5.26 Å². The zero-order valence-corrected chi connectivity index (χ0v) is 16.1. The van der Waals surface area contributed by atoms with E-state index in [9.17, 15) is 0 Å². The molecule has 136 valence electrons. The molecular formula is C21H13ClN4OS. The number of rotatable bonds is 4. The van der Waals surface area contributed by atoms with Gasteiger partial charge in [-0.05, 0) is 54.1 Å². The maximum Gasteiger partial charge on any atom is 0.211 e. The van der Waals surface area contributed by atoms with Gasteiger partial charge in [-0.3, -0.25) is 0 Å². The van der Waals surface area contributed by atoms with E-state index >= 15 is 0 Å². The van der Waals surface area contributed by atoms with Gasteiger partial charge in [0.05, 0.1) is 29.8 Å². The number of nitriles is 1. The van der Waals surface area contributed by atoms with E-state index in [1.54, 1.807) is 41.4 Å². The van der Waals surface area contributed by atoms with Crippen molar-refractivity contribution in [2.24, 2.45) is 10.1 Å². The van der Waals surface area contributed by atoms with E-state index in [2.05, 4.69) is 16.2 Å². The summed E-state index contributed by atoms with van der Waals surface area (Å²) < 4.78 is 7.27. The van der Waals surface area contributed by atoms with Crippen LogP contribution in [0, 0.1) is 11.3 Å². The standard InChI is InChI=1S/C21H13ClN4OS/c22-17-7-9-18(10-8-17)25-21-26(19(14-28-21)20-2-1-11-27-20)24-13-16-5-3-15(12-23)4-6-16/h1-11,13-14H. The van der Waals surface area contributed by atoms with Gasteiger partial charge in [-0.15, -0.1) is 11.3 Å². The fourth-order valence-electron chi connectivity index (χ4n) is 2.48. The van der Waals surface area contributed by atoms with Crippen LogP contribution >= 0.6 is 22.9 Å². The van der Waals surface area contributed by atoms with Crippen LogP contribution in [-0.2, 0) is 0 Å². The first-order valence-electron chi connectivity index (χ1n) is 8.32. The maximum atomic E-state index is 8.93. The second-order valence-electron chi connectivity index (χ2n) is 5.76. The molecule has 7 heteroatoms. The van der Waals surface area contributed by atoms with Crippen molar-refractivity contribution < 1.29 is 4.42 Å². The number of hydrogen-bond donors (Lipinski definition) is 0. The topological polar surface area (TPSA) is 66.6 Å². The molecule has 0 amide bonds. The summed E-state index contributed by atoms with van der Waals surface area (Å²) in [4.78, 5) is 5.37. The average molecular weight is 405 g/mol. The highest BCUT2D eigenvalue weighted by Gasteiger charge is 2.10. The predicted octanol–water partition coefficient (Wildman–Crippen LogP) is 5.45. The summed E-state index contributed by atoms with van der Waals surface area (Å²) in [6.45, 7) is 0. The van der Waals surface area contributed by atoms with Crippen LogP contribution in [-0.4, -0.2) is 10.9 Å². The van der Waals surface area contributed by atoms with Crippen molar-refractivity contribution >= 4 is 34.8 Å². The minimum atomic E-state index is 0.607. The normalized spacial score (nSPS) is 11.8. The van der Waals surface area contributed by atoms with E-state index in [0.717, 1.165) is 16.9 Å². The van der Waals surface area contributed by atoms with E-state index in [4.69, 9.17) is 21.3 Å². The molecule has 0 N–H and O–H groups in total. The Morgan fingerprint density at radius 3 is 2.54 bits per heavy atom. The van der Waals surface area contributed by atoms with E-state index in [1.807, 2.05) is 41.8 Å². The van der Waals surface area contributed by atoms with Gasteiger partial charge >= 0.3 is 0 Å². The number of furan rings is 1. The zero-order chi connectivity index (χ0) is 19.3. The molecule has 0 unspecified atom stereocenters. The average Bonchev–Trinajstić information content (AvgIpc) is 3.38. The Hall–Kier alpha value is -3.40. The number of hydrogen-bond acceptors (Lipinski definition) is 5. The number of halogens is 1. The maximum absolute atomic E-state index is 8.93. The van der Waals surface area contributed by atoms with Gasteiger partial charge in [0.15, 0.2) is 5.76 Å². The van der Waals surface area contributed by atoms with Gasteiger partial charge < -0.3 is 4.42 Å². The zero-order valence-electron chi connectivity index (χ0n) is 14.5. The van der Waals surface area contributed by atoms with Gasteiger partial charge in [0.2, 0.25) is 4.80 Å². The summed E-state index contributed by atoms with van der Waals surface area (Å²) in [5.74, 6) is 0.700. The quantitative estimate of drug-likeness (QED) is 0.424. The fourth-order valence-corrected chi connectivity index (χ4v) is 3.44. The van der Waals surface area contributed by atoms with Crippen LogP contribution in [0.5, 0.6) is 0 Å². The van der Waals surface area contributed by atoms with E-state index < -0.39 is 0 Å². The lowest BCUT2D eigenvalue weighted by atomic mass is 10.2. The lowest BCUT2D eigenvalue weighted by Gasteiger charge is -2.01. The van der Waals surface area contributed by atoms with Crippen LogP contribution in [0.25, 0.3) is 11.5 Å². The van der Waals surface area contributed by atoms with Crippen LogP contribution in [0.3, 0.4) is 0 Å². The molecule has 0 aliphatic heterocycles. The van der Waals surface area contributed by atoms with Gasteiger partial charge in [-0.25, -0.2) is 9.67 Å². The molecular weight excluding hydrogens is 392 g/mol. The van der Waals surface area contributed by atoms with Crippen molar-refractivity contribution in [3.63, 3.8) is 0 Å². The summed E-state index contributed by atoms with van der Waals surface area (Å²) in [5.41, 5.74) is 3.06. The van der Waals surface area contributed by atoms with Gasteiger partial charge in [-0.2, -0.15) is 10.4 Å². The second kappa shape index (κ2) is 8.09. The third kappa shape index (κ3) is 3.96. The summed E-state index contributed by atoms with van der Waals surface area (Å²) in [5, 5.41) is 16.1. The molecule has 0 saturated heterocycles. The van der Waals surface area contributed by atoms with Gasteiger partial charge in [0, 0.05) is 10.4 Å². The van der Waals surface area contributed by atoms with Crippen LogP contribution in [0.2, 0.25) is 5.02 Å². The molecule has 4 aromatic rings. The van der Waals surface area contributed by atoms with Gasteiger partial charge in [-0.1, -0.05) is 23.7 Å². The predicted molar refractivity (Wildman–Crippen MR) is 111 cm³/mol. The first kappa shape index (κ1) is 18.0. The summed E-state index contributed by atoms with van der Waals surface area (Å²) in [6, 6.07) is 20.3.